The molecule has 0 spiro atoms. The number of aryl methyl sites for hydroxylation is 3. The van der Waals surface area contributed by atoms with Gasteiger partial charge in [-0.05, 0) is 99.4 Å². The molecule has 1 nitrogen and oxygen atoms in total. The summed E-state index contributed by atoms with van der Waals surface area (Å²) in [6.45, 7) is -3.78. The van der Waals surface area contributed by atoms with Crippen LogP contribution < -0.4 is 4.74 Å². The van der Waals surface area contributed by atoms with E-state index in [4.69, 9.17) is 17.1 Å². The van der Waals surface area contributed by atoms with Crippen LogP contribution in [0.25, 0.3) is 55.6 Å². The Kier molecular flexibility index (Phi) is 3.88. The van der Waals surface area contributed by atoms with Gasteiger partial charge in [-0.3, -0.25) is 0 Å². The van der Waals surface area contributed by atoms with Crippen molar-refractivity contribution in [1.29, 1.82) is 0 Å². The minimum atomic E-state index is -2.66. The summed E-state index contributed by atoms with van der Waals surface area (Å²) < 4.78 is 83.4. The van der Waals surface area contributed by atoms with Crippen LogP contribution in [0.2, 0.25) is 0 Å². The van der Waals surface area contributed by atoms with Crippen LogP contribution in [0.4, 0.5) is 0 Å². The molecular formula is C42H34O. The maximum Gasteiger partial charge on any atom is 0.139 e. The molecule has 2 aliphatic rings. The van der Waals surface area contributed by atoms with E-state index in [-0.39, 0.29) is 39.3 Å². The number of benzene rings is 6. The lowest BCUT2D eigenvalue weighted by atomic mass is 9.73. The molecule has 1 heterocycles. The number of ether oxygens (including phenoxy) is 1. The monoisotopic (exact) mass is 563 g/mol. The van der Waals surface area contributed by atoms with Crippen molar-refractivity contribution in [3.8, 4) is 67.1 Å². The van der Waals surface area contributed by atoms with Gasteiger partial charge in [0.1, 0.15) is 11.5 Å². The lowest BCUT2D eigenvalue weighted by molar-refractivity contribution is 0.419. The van der Waals surface area contributed by atoms with E-state index in [0.717, 1.165) is 44.5 Å². The normalized spacial score (nSPS) is 17.6. The van der Waals surface area contributed by atoms with E-state index < -0.39 is 26.0 Å². The summed E-state index contributed by atoms with van der Waals surface area (Å²) in [5.74, 6) is 0.483. The lowest BCUT2D eigenvalue weighted by Gasteiger charge is -2.36. The fourth-order valence-corrected chi connectivity index (χ4v) is 6.94. The van der Waals surface area contributed by atoms with Crippen molar-refractivity contribution < 1.29 is 17.1 Å². The molecule has 1 aliphatic heterocycles. The van der Waals surface area contributed by atoms with Crippen LogP contribution in [0.5, 0.6) is 11.5 Å². The van der Waals surface area contributed by atoms with Crippen LogP contribution in [0.15, 0.2) is 115 Å². The van der Waals surface area contributed by atoms with Crippen LogP contribution in [0, 0.1) is 20.6 Å². The van der Waals surface area contributed by atoms with Crippen LogP contribution in [-0.4, -0.2) is 0 Å². The second-order valence-corrected chi connectivity index (χ2v) is 11.9. The molecule has 0 bridgehead atoms. The Labute approximate surface area is 267 Å². The van der Waals surface area contributed by atoms with E-state index in [2.05, 4.69) is 12.1 Å². The molecule has 0 aromatic heterocycles. The summed E-state index contributed by atoms with van der Waals surface area (Å²) in [7, 11) is 0. The third kappa shape index (κ3) is 3.78. The lowest BCUT2D eigenvalue weighted by Crippen LogP contribution is -2.25. The standard InChI is InChI=1S/C42H34O/c1-25-18-20-37-39(22-25)43-41-38(42(37,4)5)21-19-26(2)40(41)34-24-36-33-17-11-9-15-31(33)29-13-7-6-12-28(29)30-14-8-10-16-32(30)35(36)23-27(34)3/h6-24H,1-5H3/i1D3,2D3,3D3. The van der Waals surface area contributed by atoms with Gasteiger partial charge in [0.25, 0.3) is 0 Å². The molecule has 0 saturated carbocycles. The average molecular weight is 564 g/mol. The number of rotatable bonds is 1. The maximum atomic E-state index is 8.87. The first kappa shape index (κ1) is 17.9. The highest BCUT2D eigenvalue weighted by atomic mass is 16.5. The van der Waals surface area contributed by atoms with Gasteiger partial charge in [0, 0.05) is 34.4 Å². The Morgan fingerprint density at radius 3 is 1.58 bits per heavy atom. The van der Waals surface area contributed by atoms with Gasteiger partial charge < -0.3 is 4.74 Å². The molecule has 0 radical (unpaired) electrons. The zero-order chi connectivity index (χ0) is 37.0. The summed E-state index contributed by atoms with van der Waals surface area (Å²) >= 11 is 0. The van der Waals surface area contributed by atoms with Crippen molar-refractivity contribution in [3.63, 3.8) is 0 Å². The minimum absolute atomic E-state index is 0.0188. The van der Waals surface area contributed by atoms with Gasteiger partial charge in [-0.25, -0.2) is 0 Å². The zero-order valence-electron chi connectivity index (χ0n) is 32.9. The van der Waals surface area contributed by atoms with Crippen molar-refractivity contribution in [2.24, 2.45) is 0 Å². The van der Waals surface area contributed by atoms with E-state index in [1.165, 1.54) is 6.07 Å². The summed E-state index contributed by atoms with van der Waals surface area (Å²) in [5.41, 5.74) is 8.13. The summed E-state index contributed by atoms with van der Waals surface area (Å²) in [4.78, 5) is 0. The summed E-state index contributed by atoms with van der Waals surface area (Å²) in [6, 6.07) is 35.6. The van der Waals surface area contributed by atoms with E-state index in [1.54, 1.807) is 30.3 Å². The molecule has 1 aliphatic carbocycles. The third-order valence-electron chi connectivity index (χ3n) is 9.07. The summed E-state index contributed by atoms with van der Waals surface area (Å²) in [6.07, 6.45) is 0. The SMILES string of the molecule is [2H]C([2H])([2H])c1ccc2c(c1)Oc1c(ccc(C([2H])([2H])[2H])c1-c1cc3c(cc1C([2H])([2H])[2H])-c1ccccc1-c1ccccc1-c1ccccc1-3)C2(C)C. The fraction of sp³-hybridized carbons (Fsp3) is 0.143. The Balaban J connectivity index is 1.51. The van der Waals surface area contributed by atoms with E-state index >= 15 is 0 Å². The molecule has 0 atom stereocenters. The van der Waals surface area contributed by atoms with Crippen molar-refractivity contribution in [2.75, 3.05) is 0 Å². The van der Waals surface area contributed by atoms with Crippen molar-refractivity contribution in [2.45, 2.75) is 39.8 Å². The van der Waals surface area contributed by atoms with Gasteiger partial charge in [-0.15, -0.1) is 0 Å². The van der Waals surface area contributed by atoms with Crippen molar-refractivity contribution >= 4 is 0 Å². The van der Waals surface area contributed by atoms with Gasteiger partial charge in [0.2, 0.25) is 0 Å². The zero-order valence-corrected chi connectivity index (χ0v) is 23.9. The first-order chi connectivity index (χ1) is 24.5. The smallest absolute Gasteiger partial charge is 0.139 e. The van der Waals surface area contributed by atoms with Crippen molar-refractivity contribution in [3.05, 3.63) is 143 Å². The quantitative estimate of drug-likeness (QED) is 0.193. The highest BCUT2D eigenvalue weighted by Gasteiger charge is 2.36. The average Bonchev–Trinajstić information content (AvgIpc) is 3.09. The first-order valence-electron chi connectivity index (χ1n) is 18.9. The molecule has 6 aromatic carbocycles. The topological polar surface area (TPSA) is 9.23 Å². The molecule has 0 N–H and O–H groups in total. The summed E-state index contributed by atoms with van der Waals surface area (Å²) in [5, 5.41) is 0. The van der Waals surface area contributed by atoms with Gasteiger partial charge >= 0.3 is 0 Å². The van der Waals surface area contributed by atoms with Gasteiger partial charge in [-0.2, -0.15) is 0 Å². The van der Waals surface area contributed by atoms with E-state index in [1.807, 2.05) is 80.6 Å². The second kappa shape index (κ2) is 9.31. The first-order valence-corrected chi connectivity index (χ1v) is 14.4. The largest absolute Gasteiger partial charge is 0.456 e. The van der Waals surface area contributed by atoms with Crippen molar-refractivity contribution in [1.82, 2.24) is 0 Å². The van der Waals surface area contributed by atoms with Crippen LogP contribution >= 0.6 is 0 Å². The number of hydrogen-bond acceptors (Lipinski definition) is 1. The fourth-order valence-electron chi connectivity index (χ4n) is 6.94. The van der Waals surface area contributed by atoms with Crippen LogP contribution in [0.1, 0.15) is 54.0 Å². The van der Waals surface area contributed by atoms with E-state index in [9.17, 15) is 0 Å². The van der Waals surface area contributed by atoms with Gasteiger partial charge in [-0.1, -0.05) is 117 Å². The molecule has 0 amide bonds. The Bertz CT molecular complexity index is 2430. The maximum absolute atomic E-state index is 8.87. The van der Waals surface area contributed by atoms with Gasteiger partial charge in [0.05, 0.1) is 0 Å². The Morgan fingerprint density at radius 1 is 0.488 bits per heavy atom. The molecule has 1 heteroatoms. The predicted octanol–water partition coefficient (Wildman–Crippen LogP) is 11.7. The van der Waals surface area contributed by atoms with Crippen LogP contribution in [0.3, 0.4) is 0 Å². The van der Waals surface area contributed by atoms with E-state index in [0.29, 0.717) is 11.1 Å². The molecular weight excluding hydrogens is 520 g/mol. The van der Waals surface area contributed by atoms with Gasteiger partial charge in [0.15, 0.2) is 0 Å². The molecule has 0 unspecified atom stereocenters. The number of fused-ring (bicyclic) bond motifs is 10. The molecule has 6 aromatic rings. The highest BCUT2D eigenvalue weighted by molar-refractivity contribution is 6.04. The number of hydrogen-bond donors (Lipinski definition) is 0. The van der Waals surface area contributed by atoms with Crippen LogP contribution in [-0.2, 0) is 5.41 Å². The molecule has 43 heavy (non-hydrogen) atoms. The Hall–Kier alpha value is -4.88. The Morgan fingerprint density at radius 2 is 1.02 bits per heavy atom. The second-order valence-electron chi connectivity index (χ2n) is 11.9. The molecule has 8 rings (SSSR count). The minimum Gasteiger partial charge on any atom is -0.456 e. The third-order valence-corrected chi connectivity index (χ3v) is 9.07. The molecule has 0 fully saturated rings. The molecule has 208 valence electrons. The predicted molar refractivity (Wildman–Crippen MR) is 180 cm³/mol. The highest BCUT2D eigenvalue weighted by Crippen LogP contribution is 2.54. The molecule has 0 saturated heterocycles.